The molecule has 5 heteroatoms. The summed E-state index contributed by atoms with van der Waals surface area (Å²) in [6.07, 6.45) is 10.5. The molecule has 1 heterocycles. The Morgan fingerprint density at radius 1 is 1.17 bits per heavy atom. The molecule has 29 heavy (non-hydrogen) atoms. The smallest absolute Gasteiger partial charge is 0.407 e. The molecule has 0 aromatic heterocycles. The number of fused-ring (bicyclic) bond motifs is 5. The summed E-state index contributed by atoms with van der Waals surface area (Å²) in [5.41, 5.74) is 0.232. The van der Waals surface area contributed by atoms with E-state index in [2.05, 4.69) is 25.2 Å². The number of alkyl carbamates (subject to hydrolysis) is 1. The SMILES string of the molecule is C.CC(C)OC(=O)N[C@H]1CC[C@H]2[C@@H]3CC[C@H]4N(C)C(=O)C=C[C@]4(C)[C@H]3CC[C@]12C. The van der Waals surface area contributed by atoms with Crippen molar-refractivity contribution < 1.29 is 14.3 Å². The number of nitrogens with zero attached hydrogens (tertiary/aromatic N) is 1. The lowest BCUT2D eigenvalue weighted by Gasteiger charge is -2.60. The van der Waals surface area contributed by atoms with E-state index >= 15 is 0 Å². The average Bonchev–Trinajstić information content (AvgIpc) is 2.94. The second-order valence-corrected chi connectivity index (χ2v) is 10.4. The molecule has 0 unspecified atom stereocenters. The van der Waals surface area contributed by atoms with Gasteiger partial charge in [-0.05, 0) is 81.6 Å². The summed E-state index contributed by atoms with van der Waals surface area (Å²) in [5.74, 6) is 2.09. The molecule has 5 nitrogen and oxygen atoms in total. The zero-order valence-electron chi connectivity index (χ0n) is 18.0. The first kappa shape index (κ1) is 22.2. The van der Waals surface area contributed by atoms with Gasteiger partial charge in [0, 0.05) is 24.5 Å². The van der Waals surface area contributed by atoms with Crippen LogP contribution >= 0.6 is 0 Å². The van der Waals surface area contributed by atoms with E-state index in [4.69, 9.17) is 4.74 Å². The fourth-order valence-electron chi connectivity index (χ4n) is 7.37. The van der Waals surface area contributed by atoms with Crippen LogP contribution in [-0.2, 0) is 9.53 Å². The Balaban J connectivity index is 0.00000240. The standard InChI is InChI=1S/C23H36N2O3.CH4/c1-14(2)28-21(27)24-18-8-7-16-15-6-9-19-23(4,13-11-20(26)25(19)5)17(15)10-12-22(16,18)3;/h11,13-19H,6-10,12H2,1-5H3,(H,24,27);1H4/t15-,16-,17-,18-,19+,22-,23+;/m0./s1. The van der Waals surface area contributed by atoms with Crippen LogP contribution in [0, 0.1) is 28.6 Å². The molecule has 4 aliphatic rings. The Kier molecular flexibility index (Phi) is 5.83. The Morgan fingerprint density at radius 2 is 1.90 bits per heavy atom. The van der Waals surface area contributed by atoms with Crippen LogP contribution in [0.5, 0.6) is 0 Å². The van der Waals surface area contributed by atoms with E-state index in [-0.39, 0.29) is 42.4 Å². The third kappa shape index (κ3) is 3.38. The number of nitrogens with one attached hydrogen (secondary N) is 1. The summed E-state index contributed by atoms with van der Waals surface area (Å²) < 4.78 is 5.36. The summed E-state index contributed by atoms with van der Waals surface area (Å²) >= 11 is 0. The number of rotatable bonds is 2. The lowest BCUT2D eigenvalue weighted by atomic mass is 9.48. The van der Waals surface area contributed by atoms with Crippen LogP contribution < -0.4 is 5.32 Å². The minimum absolute atomic E-state index is 0. The zero-order valence-corrected chi connectivity index (χ0v) is 18.0. The highest BCUT2D eigenvalue weighted by Crippen LogP contribution is 2.63. The van der Waals surface area contributed by atoms with Gasteiger partial charge >= 0.3 is 6.09 Å². The molecule has 164 valence electrons. The second-order valence-electron chi connectivity index (χ2n) is 10.4. The lowest BCUT2D eigenvalue weighted by molar-refractivity contribution is -0.138. The largest absolute Gasteiger partial charge is 0.447 e. The van der Waals surface area contributed by atoms with Gasteiger partial charge in [-0.1, -0.05) is 27.4 Å². The van der Waals surface area contributed by atoms with E-state index in [9.17, 15) is 9.59 Å². The molecule has 2 amide bonds. The van der Waals surface area contributed by atoms with Crippen molar-refractivity contribution in [2.45, 2.75) is 91.8 Å². The van der Waals surface area contributed by atoms with Crippen molar-refractivity contribution in [1.29, 1.82) is 0 Å². The van der Waals surface area contributed by atoms with Crippen LogP contribution in [0.15, 0.2) is 12.2 Å². The molecule has 4 rings (SSSR count). The zero-order chi connectivity index (χ0) is 20.3. The van der Waals surface area contributed by atoms with Crippen molar-refractivity contribution >= 4 is 12.0 Å². The highest BCUT2D eigenvalue weighted by atomic mass is 16.6. The molecule has 3 aliphatic carbocycles. The molecule has 0 spiro atoms. The number of hydrogen-bond acceptors (Lipinski definition) is 3. The predicted octanol–water partition coefficient (Wildman–Crippen LogP) is 4.77. The monoisotopic (exact) mass is 404 g/mol. The molecule has 0 bridgehead atoms. The van der Waals surface area contributed by atoms with Crippen LogP contribution in [0.2, 0.25) is 0 Å². The van der Waals surface area contributed by atoms with Crippen LogP contribution in [0.4, 0.5) is 4.79 Å². The quantitative estimate of drug-likeness (QED) is 0.721. The summed E-state index contributed by atoms with van der Waals surface area (Å²) in [6.45, 7) is 8.55. The van der Waals surface area contributed by atoms with E-state index in [0.717, 1.165) is 19.3 Å². The van der Waals surface area contributed by atoms with Gasteiger partial charge in [-0.25, -0.2) is 4.79 Å². The molecule has 3 saturated carbocycles. The average molecular weight is 405 g/mol. The molecule has 1 aliphatic heterocycles. The van der Waals surface area contributed by atoms with E-state index < -0.39 is 0 Å². The third-order valence-electron chi connectivity index (χ3n) is 8.76. The molecule has 3 fully saturated rings. The van der Waals surface area contributed by atoms with Gasteiger partial charge in [-0.2, -0.15) is 0 Å². The maximum atomic E-state index is 12.2. The third-order valence-corrected chi connectivity index (χ3v) is 8.76. The number of carbonyl (C=O) groups excluding carboxylic acids is 2. The molecule has 7 atom stereocenters. The molecule has 0 aromatic rings. The van der Waals surface area contributed by atoms with Crippen LogP contribution in [0.3, 0.4) is 0 Å². The summed E-state index contributed by atoms with van der Waals surface area (Å²) in [6, 6.07) is 0.535. The highest BCUT2D eigenvalue weighted by Gasteiger charge is 2.60. The lowest BCUT2D eigenvalue weighted by Crippen LogP contribution is -2.60. The Bertz CT molecular complexity index is 690. The predicted molar refractivity (Wildman–Crippen MR) is 115 cm³/mol. The van der Waals surface area contributed by atoms with E-state index in [1.165, 1.54) is 19.3 Å². The first-order chi connectivity index (χ1) is 13.2. The van der Waals surface area contributed by atoms with E-state index in [1.54, 1.807) is 6.08 Å². The van der Waals surface area contributed by atoms with Crippen molar-refractivity contribution in [2.75, 3.05) is 7.05 Å². The fraction of sp³-hybridized carbons (Fsp3) is 0.833. The summed E-state index contributed by atoms with van der Waals surface area (Å²) in [5, 5.41) is 3.20. The minimum atomic E-state index is -0.269. The van der Waals surface area contributed by atoms with Crippen molar-refractivity contribution in [3.63, 3.8) is 0 Å². The molecule has 0 aromatic carbocycles. The first-order valence-corrected chi connectivity index (χ1v) is 11.1. The normalized spacial score (nSPS) is 43.2. The Hall–Kier alpha value is -1.52. The van der Waals surface area contributed by atoms with Gasteiger partial charge in [0.15, 0.2) is 0 Å². The molecular formula is C24H40N2O3. The first-order valence-electron chi connectivity index (χ1n) is 11.1. The maximum Gasteiger partial charge on any atom is 0.407 e. The Labute approximate surface area is 176 Å². The number of carbonyl (C=O) groups is 2. The number of amides is 2. The topological polar surface area (TPSA) is 58.6 Å². The summed E-state index contributed by atoms with van der Waals surface area (Å²) in [7, 11) is 1.97. The van der Waals surface area contributed by atoms with Gasteiger partial charge in [0.05, 0.1) is 6.10 Å². The van der Waals surface area contributed by atoms with Gasteiger partial charge in [-0.3, -0.25) is 4.79 Å². The van der Waals surface area contributed by atoms with Gasteiger partial charge < -0.3 is 15.0 Å². The van der Waals surface area contributed by atoms with Gasteiger partial charge in [0.25, 0.3) is 0 Å². The van der Waals surface area contributed by atoms with Gasteiger partial charge in [-0.15, -0.1) is 0 Å². The number of ether oxygens (including phenoxy) is 1. The van der Waals surface area contributed by atoms with Crippen molar-refractivity contribution in [3.8, 4) is 0 Å². The van der Waals surface area contributed by atoms with Crippen LogP contribution in [0.1, 0.15) is 73.6 Å². The Morgan fingerprint density at radius 3 is 2.59 bits per heavy atom. The van der Waals surface area contributed by atoms with Crippen LogP contribution in [-0.4, -0.2) is 42.1 Å². The van der Waals surface area contributed by atoms with E-state index in [1.807, 2.05) is 25.8 Å². The van der Waals surface area contributed by atoms with Gasteiger partial charge in [0.2, 0.25) is 5.91 Å². The van der Waals surface area contributed by atoms with Crippen molar-refractivity contribution in [2.24, 2.45) is 28.6 Å². The van der Waals surface area contributed by atoms with E-state index in [0.29, 0.717) is 23.8 Å². The summed E-state index contributed by atoms with van der Waals surface area (Å²) in [4.78, 5) is 26.4. The highest BCUT2D eigenvalue weighted by molar-refractivity contribution is 5.89. The van der Waals surface area contributed by atoms with Crippen molar-refractivity contribution in [3.05, 3.63) is 12.2 Å². The minimum Gasteiger partial charge on any atom is -0.447 e. The molecule has 1 N–H and O–H groups in total. The molecule has 0 saturated heterocycles. The van der Waals surface area contributed by atoms with Gasteiger partial charge in [0.1, 0.15) is 0 Å². The second kappa shape index (κ2) is 7.63. The van der Waals surface area contributed by atoms with Crippen molar-refractivity contribution in [1.82, 2.24) is 10.2 Å². The maximum absolute atomic E-state index is 12.2. The number of hydrogen-bond donors (Lipinski definition) is 1. The fourth-order valence-corrected chi connectivity index (χ4v) is 7.37. The number of likely N-dealkylation sites (N-methyl/N-ethyl adjacent to an activating group) is 1. The molecular weight excluding hydrogens is 364 g/mol. The van der Waals surface area contributed by atoms with Crippen LogP contribution in [0.25, 0.3) is 0 Å². The molecule has 0 radical (unpaired) electrons.